The first-order valence-corrected chi connectivity index (χ1v) is 13.3. The van der Waals surface area contributed by atoms with Crippen LogP contribution in [0.3, 0.4) is 0 Å². The predicted molar refractivity (Wildman–Crippen MR) is 151 cm³/mol. The average molecular weight is 524 g/mol. The number of hydrogen-bond donors (Lipinski definition) is 3. The SMILES string of the molecule is CCC(=O)N1c2ccccc2[C@H](N(CCCNC(=O)OC(C)(C)C)c2ccc(NC(=O)CN)cc2)C[C@@H]1C. The summed E-state index contributed by atoms with van der Waals surface area (Å²) in [6, 6.07) is 15.8. The van der Waals surface area contributed by atoms with Gasteiger partial charge in [0.05, 0.1) is 12.6 Å². The topological polar surface area (TPSA) is 117 Å². The molecular weight excluding hydrogens is 482 g/mol. The Hall–Kier alpha value is -3.59. The van der Waals surface area contributed by atoms with Crippen LogP contribution >= 0.6 is 0 Å². The molecule has 1 aliphatic rings. The Morgan fingerprint density at radius 1 is 1.11 bits per heavy atom. The van der Waals surface area contributed by atoms with Gasteiger partial charge in [-0.1, -0.05) is 25.1 Å². The quantitative estimate of drug-likeness (QED) is 0.414. The van der Waals surface area contributed by atoms with E-state index >= 15 is 0 Å². The third kappa shape index (κ3) is 7.47. The van der Waals surface area contributed by atoms with E-state index in [0.29, 0.717) is 31.6 Å². The highest BCUT2D eigenvalue weighted by Crippen LogP contribution is 2.42. The maximum absolute atomic E-state index is 12.8. The second-order valence-corrected chi connectivity index (χ2v) is 10.6. The summed E-state index contributed by atoms with van der Waals surface area (Å²) in [6.45, 7) is 10.5. The van der Waals surface area contributed by atoms with Crippen molar-refractivity contribution in [3.63, 3.8) is 0 Å². The Morgan fingerprint density at radius 2 is 1.79 bits per heavy atom. The summed E-state index contributed by atoms with van der Waals surface area (Å²) < 4.78 is 5.36. The Balaban J connectivity index is 1.87. The fourth-order valence-corrected chi connectivity index (χ4v) is 4.79. The van der Waals surface area contributed by atoms with Gasteiger partial charge in [0, 0.05) is 42.6 Å². The smallest absolute Gasteiger partial charge is 0.407 e. The number of para-hydroxylation sites is 1. The van der Waals surface area contributed by atoms with Crippen LogP contribution in [0.25, 0.3) is 0 Å². The van der Waals surface area contributed by atoms with Crippen LogP contribution in [-0.2, 0) is 14.3 Å². The minimum absolute atomic E-state index is 0.0212. The molecule has 0 saturated carbocycles. The summed E-state index contributed by atoms with van der Waals surface area (Å²) in [5.41, 5.74) is 8.56. The van der Waals surface area contributed by atoms with Gasteiger partial charge in [0.25, 0.3) is 0 Å². The van der Waals surface area contributed by atoms with Crippen LogP contribution in [0.1, 0.15) is 65.5 Å². The predicted octanol–water partition coefficient (Wildman–Crippen LogP) is 4.58. The molecule has 3 amide bonds. The first-order valence-electron chi connectivity index (χ1n) is 13.3. The molecule has 4 N–H and O–H groups in total. The Bertz CT molecular complexity index is 1110. The summed E-state index contributed by atoms with van der Waals surface area (Å²) in [6.07, 6.45) is 1.46. The third-order valence-electron chi connectivity index (χ3n) is 6.42. The highest BCUT2D eigenvalue weighted by Gasteiger charge is 2.35. The van der Waals surface area contributed by atoms with Gasteiger partial charge in [-0.25, -0.2) is 4.79 Å². The van der Waals surface area contributed by atoms with Gasteiger partial charge in [0.15, 0.2) is 0 Å². The van der Waals surface area contributed by atoms with Gasteiger partial charge in [-0.3, -0.25) is 9.59 Å². The number of amides is 3. The number of rotatable bonds is 9. The Morgan fingerprint density at radius 3 is 2.42 bits per heavy atom. The van der Waals surface area contributed by atoms with Crippen molar-refractivity contribution in [1.29, 1.82) is 0 Å². The molecule has 0 spiro atoms. The Kier molecular flexibility index (Phi) is 9.74. The van der Waals surface area contributed by atoms with Gasteiger partial charge < -0.3 is 30.9 Å². The zero-order chi connectivity index (χ0) is 27.9. The summed E-state index contributed by atoms with van der Waals surface area (Å²) in [5.74, 6) is -0.143. The number of carbonyl (C=O) groups is 3. The average Bonchev–Trinajstić information content (AvgIpc) is 2.87. The number of carbonyl (C=O) groups excluding carboxylic acids is 3. The molecule has 1 heterocycles. The summed E-state index contributed by atoms with van der Waals surface area (Å²) in [5, 5.41) is 5.62. The lowest BCUT2D eigenvalue weighted by Gasteiger charge is -2.44. The van der Waals surface area contributed by atoms with E-state index < -0.39 is 11.7 Å². The van der Waals surface area contributed by atoms with E-state index in [0.717, 1.165) is 23.4 Å². The van der Waals surface area contributed by atoms with E-state index in [2.05, 4.69) is 28.5 Å². The lowest BCUT2D eigenvalue weighted by atomic mass is 9.89. The number of fused-ring (bicyclic) bond motifs is 1. The van der Waals surface area contributed by atoms with E-state index in [1.165, 1.54) is 0 Å². The molecule has 0 aliphatic carbocycles. The summed E-state index contributed by atoms with van der Waals surface area (Å²) >= 11 is 0. The molecule has 9 heteroatoms. The standard InChI is InChI=1S/C29H41N5O4/c1-6-27(36)34-20(2)18-25(23-10-7-8-11-24(23)34)33(17-9-16-31-28(37)38-29(3,4)5)22-14-12-21(13-15-22)32-26(35)19-30/h7-8,10-15,20,25H,6,9,16-19,30H2,1-5H3,(H,31,37)(H,32,35)/t20-,25+/m0/s1. The van der Waals surface area contributed by atoms with Crippen molar-refractivity contribution in [1.82, 2.24) is 5.32 Å². The number of benzene rings is 2. The number of alkyl carbamates (subject to hydrolysis) is 1. The highest BCUT2D eigenvalue weighted by atomic mass is 16.6. The minimum Gasteiger partial charge on any atom is -0.444 e. The molecule has 2 atom stereocenters. The summed E-state index contributed by atoms with van der Waals surface area (Å²) in [7, 11) is 0. The van der Waals surface area contributed by atoms with Crippen molar-refractivity contribution >= 4 is 35.0 Å². The van der Waals surface area contributed by atoms with Crippen LogP contribution < -0.4 is 26.2 Å². The van der Waals surface area contributed by atoms with Crippen molar-refractivity contribution in [2.24, 2.45) is 5.73 Å². The maximum Gasteiger partial charge on any atom is 0.407 e. The van der Waals surface area contributed by atoms with Gasteiger partial charge in [0.1, 0.15) is 5.60 Å². The van der Waals surface area contributed by atoms with Crippen LogP contribution in [0.5, 0.6) is 0 Å². The molecule has 38 heavy (non-hydrogen) atoms. The van der Waals surface area contributed by atoms with Crippen molar-refractivity contribution in [3.05, 3.63) is 54.1 Å². The van der Waals surface area contributed by atoms with Crippen LogP contribution in [0.15, 0.2) is 48.5 Å². The number of hydrogen-bond acceptors (Lipinski definition) is 6. The molecular formula is C29H41N5O4. The van der Waals surface area contributed by atoms with Gasteiger partial charge in [-0.05, 0) is 76.4 Å². The molecule has 0 fully saturated rings. The normalized spacial score (nSPS) is 16.8. The second-order valence-electron chi connectivity index (χ2n) is 10.6. The maximum atomic E-state index is 12.8. The highest BCUT2D eigenvalue weighted by molar-refractivity contribution is 5.95. The number of ether oxygens (including phenoxy) is 1. The monoisotopic (exact) mass is 523 g/mol. The molecule has 0 aromatic heterocycles. The molecule has 2 aromatic carbocycles. The zero-order valence-corrected chi connectivity index (χ0v) is 23.1. The van der Waals surface area contributed by atoms with Crippen molar-refractivity contribution in [2.45, 2.75) is 71.6 Å². The van der Waals surface area contributed by atoms with Crippen molar-refractivity contribution < 1.29 is 19.1 Å². The molecule has 3 rings (SSSR count). The molecule has 0 unspecified atom stereocenters. The largest absolute Gasteiger partial charge is 0.444 e. The lowest BCUT2D eigenvalue weighted by molar-refractivity contribution is -0.119. The molecule has 0 saturated heterocycles. The second kappa shape index (κ2) is 12.8. The number of nitrogens with two attached hydrogens (primary N) is 1. The number of nitrogens with zero attached hydrogens (tertiary/aromatic N) is 2. The van der Waals surface area contributed by atoms with E-state index in [1.807, 2.05) is 75.1 Å². The van der Waals surface area contributed by atoms with Crippen LogP contribution in [-0.4, -0.2) is 49.2 Å². The van der Waals surface area contributed by atoms with Crippen LogP contribution in [0, 0.1) is 0 Å². The fraction of sp³-hybridized carbons (Fsp3) is 0.483. The number of nitrogens with one attached hydrogen (secondary N) is 2. The Labute approximate surface area is 225 Å². The van der Waals surface area contributed by atoms with Crippen LogP contribution in [0.2, 0.25) is 0 Å². The van der Waals surface area contributed by atoms with E-state index in [4.69, 9.17) is 10.5 Å². The molecule has 9 nitrogen and oxygen atoms in total. The lowest BCUT2D eigenvalue weighted by Crippen LogP contribution is -2.46. The third-order valence-corrected chi connectivity index (χ3v) is 6.42. The number of anilines is 3. The molecule has 0 bridgehead atoms. The van der Waals surface area contributed by atoms with E-state index in [-0.39, 0.29) is 30.4 Å². The molecule has 206 valence electrons. The molecule has 0 radical (unpaired) electrons. The zero-order valence-electron chi connectivity index (χ0n) is 23.1. The fourth-order valence-electron chi connectivity index (χ4n) is 4.79. The van der Waals surface area contributed by atoms with Gasteiger partial charge in [0.2, 0.25) is 11.8 Å². The van der Waals surface area contributed by atoms with Crippen LogP contribution in [0.4, 0.5) is 21.9 Å². The minimum atomic E-state index is -0.555. The summed E-state index contributed by atoms with van der Waals surface area (Å²) in [4.78, 5) is 40.9. The van der Waals surface area contributed by atoms with Gasteiger partial charge in [-0.15, -0.1) is 0 Å². The van der Waals surface area contributed by atoms with E-state index in [9.17, 15) is 14.4 Å². The van der Waals surface area contributed by atoms with Crippen molar-refractivity contribution in [2.75, 3.05) is 34.8 Å². The van der Waals surface area contributed by atoms with Gasteiger partial charge in [-0.2, -0.15) is 0 Å². The molecule has 1 aliphatic heterocycles. The first kappa shape index (κ1) is 29.0. The molecule has 2 aromatic rings. The first-order chi connectivity index (χ1) is 18.0. The van der Waals surface area contributed by atoms with Crippen molar-refractivity contribution in [3.8, 4) is 0 Å². The van der Waals surface area contributed by atoms with E-state index in [1.54, 1.807) is 0 Å². The van der Waals surface area contributed by atoms with Gasteiger partial charge >= 0.3 is 6.09 Å².